The molecule has 0 saturated heterocycles. The normalized spacial score (nSPS) is 14.6. The highest BCUT2D eigenvalue weighted by Gasteiger charge is 2.22. The Morgan fingerprint density at radius 2 is 1.84 bits per heavy atom. The molecule has 0 radical (unpaired) electrons. The molecule has 5 rings (SSSR count). The number of nitrogens with zero attached hydrogens (tertiary/aromatic N) is 3. The molecule has 0 unspecified atom stereocenters. The van der Waals surface area contributed by atoms with Gasteiger partial charge in [0.1, 0.15) is 11.3 Å². The van der Waals surface area contributed by atoms with Crippen LogP contribution in [-0.2, 0) is 25.4 Å². The van der Waals surface area contributed by atoms with Gasteiger partial charge in [0.05, 0.1) is 23.5 Å². The molecule has 2 aromatic carbocycles. The summed E-state index contributed by atoms with van der Waals surface area (Å²) in [4.78, 5) is 53.8. The van der Waals surface area contributed by atoms with Crippen molar-refractivity contribution in [2.24, 2.45) is 20.0 Å². The van der Waals surface area contributed by atoms with Gasteiger partial charge in [-0.15, -0.1) is 0 Å². The third-order valence-corrected chi connectivity index (χ3v) is 8.04. The number of hydrogen-bond donors (Lipinski definition) is 2. The van der Waals surface area contributed by atoms with E-state index in [2.05, 4.69) is 10.6 Å². The van der Waals surface area contributed by atoms with Crippen LogP contribution >= 0.6 is 11.6 Å². The van der Waals surface area contributed by atoms with Crippen molar-refractivity contribution in [2.75, 3.05) is 19.0 Å². The Morgan fingerprint density at radius 1 is 1.07 bits per heavy atom. The molecule has 43 heavy (non-hydrogen) atoms. The van der Waals surface area contributed by atoms with E-state index in [-0.39, 0.29) is 5.56 Å². The van der Waals surface area contributed by atoms with Gasteiger partial charge in [-0.2, -0.15) is 0 Å². The summed E-state index contributed by atoms with van der Waals surface area (Å²) < 4.78 is 7.64. The molecule has 2 heterocycles. The minimum absolute atomic E-state index is 0.180. The van der Waals surface area contributed by atoms with E-state index in [1.165, 1.54) is 24.9 Å². The van der Waals surface area contributed by atoms with Crippen molar-refractivity contribution >= 4 is 29.0 Å². The highest BCUT2D eigenvalue weighted by atomic mass is 35.5. The van der Waals surface area contributed by atoms with Crippen LogP contribution in [0.5, 0.6) is 5.88 Å². The van der Waals surface area contributed by atoms with Gasteiger partial charge in [0, 0.05) is 56.4 Å². The summed E-state index contributed by atoms with van der Waals surface area (Å²) in [6.45, 7) is 1.36. The minimum Gasteiger partial charge on any atom is -0.481 e. The molecule has 222 valence electrons. The van der Waals surface area contributed by atoms with E-state index in [9.17, 15) is 19.2 Å². The van der Waals surface area contributed by atoms with E-state index in [4.69, 9.17) is 21.3 Å². The number of nitrogens with one attached hydrogen (secondary N) is 2. The second-order valence-electron chi connectivity index (χ2n) is 10.6. The zero-order valence-electron chi connectivity index (χ0n) is 24.1. The number of amides is 1. The Balaban J connectivity index is 1.36. The lowest BCUT2D eigenvalue weighted by atomic mass is 10.0. The number of carbonyl (C=O) groups excluding carboxylic acids is 2. The number of aromatic nitrogens is 3. The standard InChI is InChI=1S/C32H32ClN5O5/c1-37-18-25(31(41)38(2)32(37)42)29(40)35-27-9-5-8-24(28(27)33)20-6-4-7-21(15-20)26-13-11-22(30(36-26)43-3)17-34-16-19-10-12-23(39)14-19/h4-9,11,13,15,18-19,34H,10,12,14,16-17H2,1-3H3,(H,35,40)/t19-/m1/s1. The molecule has 11 heteroatoms. The van der Waals surface area contributed by atoms with Crippen LogP contribution in [-0.4, -0.2) is 39.5 Å². The average Bonchev–Trinajstić information content (AvgIpc) is 3.43. The summed E-state index contributed by atoms with van der Waals surface area (Å²) in [6.07, 6.45) is 3.46. The first-order valence-corrected chi connectivity index (χ1v) is 14.3. The average molecular weight is 602 g/mol. The number of Topliss-reactive ketones (excluding diaryl/α,β-unsaturated/α-hetero) is 1. The number of ether oxygens (including phenoxy) is 1. The summed E-state index contributed by atoms with van der Waals surface area (Å²) in [5.74, 6) is 0.564. The topological polar surface area (TPSA) is 124 Å². The van der Waals surface area contributed by atoms with Crippen LogP contribution in [0.1, 0.15) is 35.2 Å². The smallest absolute Gasteiger partial charge is 0.330 e. The van der Waals surface area contributed by atoms with Gasteiger partial charge in [0.2, 0.25) is 5.88 Å². The molecule has 0 bridgehead atoms. The number of rotatable bonds is 9. The van der Waals surface area contributed by atoms with Crippen LogP contribution in [0.15, 0.2) is 70.4 Å². The quantitative estimate of drug-likeness (QED) is 0.295. The van der Waals surface area contributed by atoms with E-state index < -0.39 is 17.2 Å². The van der Waals surface area contributed by atoms with Gasteiger partial charge in [-0.25, -0.2) is 9.78 Å². The summed E-state index contributed by atoms with van der Waals surface area (Å²) in [5.41, 5.74) is 2.88. The van der Waals surface area contributed by atoms with Gasteiger partial charge < -0.3 is 19.9 Å². The lowest BCUT2D eigenvalue weighted by Gasteiger charge is -2.14. The largest absolute Gasteiger partial charge is 0.481 e. The molecule has 4 aromatic rings. The number of benzene rings is 2. The summed E-state index contributed by atoms with van der Waals surface area (Å²) in [5, 5.41) is 6.43. The van der Waals surface area contributed by atoms with Crippen molar-refractivity contribution in [3.05, 3.63) is 97.8 Å². The number of ketones is 1. The maximum absolute atomic E-state index is 13.0. The fraction of sp³-hybridized carbons (Fsp3) is 0.281. The number of methoxy groups -OCH3 is 1. The molecule has 1 aliphatic rings. The molecule has 1 fully saturated rings. The van der Waals surface area contributed by atoms with Crippen molar-refractivity contribution < 1.29 is 14.3 Å². The van der Waals surface area contributed by atoms with Crippen molar-refractivity contribution in [1.29, 1.82) is 0 Å². The predicted molar refractivity (Wildman–Crippen MR) is 166 cm³/mol. The maximum Gasteiger partial charge on any atom is 0.330 e. The molecule has 1 aliphatic carbocycles. The Labute approximate surface area is 253 Å². The fourth-order valence-electron chi connectivity index (χ4n) is 5.27. The molecule has 2 aromatic heterocycles. The van der Waals surface area contributed by atoms with E-state index in [1.807, 2.05) is 42.5 Å². The Bertz CT molecular complexity index is 1830. The molecular weight excluding hydrogens is 570 g/mol. The third-order valence-electron chi connectivity index (χ3n) is 7.64. The van der Waals surface area contributed by atoms with E-state index in [0.29, 0.717) is 53.2 Å². The fourth-order valence-corrected chi connectivity index (χ4v) is 5.55. The van der Waals surface area contributed by atoms with Crippen molar-refractivity contribution in [3.8, 4) is 28.3 Å². The predicted octanol–water partition coefficient (Wildman–Crippen LogP) is 4.19. The molecule has 1 atom stereocenters. The van der Waals surface area contributed by atoms with Crippen molar-refractivity contribution in [3.63, 3.8) is 0 Å². The van der Waals surface area contributed by atoms with Gasteiger partial charge in [-0.3, -0.25) is 19.0 Å². The Kier molecular flexibility index (Phi) is 8.89. The van der Waals surface area contributed by atoms with Gasteiger partial charge in [-0.05, 0) is 42.6 Å². The lowest BCUT2D eigenvalue weighted by molar-refractivity contribution is -0.117. The number of hydrogen-bond acceptors (Lipinski definition) is 7. The van der Waals surface area contributed by atoms with Gasteiger partial charge in [0.15, 0.2) is 0 Å². The summed E-state index contributed by atoms with van der Waals surface area (Å²) in [6, 6.07) is 16.8. The van der Waals surface area contributed by atoms with Crippen molar-refractivity contribution in [2.45, 2.75) is 25.8 Å². The van der Waals surface area contributed by atoms with Crippen LogP contribution in [0.4, 0.5) is 5.69 Å². The lowest BCUT2D eigenvalue weighted by Crippen LogP contribution is -2.40. The SMILES string of the molecule is COc1nc(-c2cccc(-c3cccc(NC(=O)c4cn(C)c(=O)n(C)c4=O)c3Cl)c2)ccc1CNC[C@@H]1CCC(=O)C1. The molecule has 1 amide bonds. The van der Waals surface area contributed by atoms with Crippen LogP contribution in [0.2, 0.25) is 5.02 Å². The number of pyridine rings is 1. The first-order valence-electron chi connectivity index (χ1n) is 13.9. The first-order chi connectivity index (χ1) is 20.7. The van der Waals surface area contributed by atoms with Crippen LogP contribution in [0, 0.1) is 5.92 Å². The highest BCUT2D eigenvalue weighted by Crippen LogP contribution is 2.36. The zero-order valence-corrected chi connectivity index (χ0v) is 24.9. The number of anilines is 1. The highest BCUT2D eigenvalue weighted by molar-refractivity contribution is 6.36. The number of aryl methyl sites for hydroxylation is 1. The first kappa shape index (κ1) is 29.9. The Hall–Kier alpha value is -4.54. The third kappa shape index (κ3) is 6.45. The molecule has 0 spiro atoms. The van der Waals surface area contributed by atoms with Crippen LogP contribution in [0.25, 0.3) is 22.4 Å². The minimum atomic E-state index is -0.699. The van der Waals surface area contributed by atoms with Gasteiger partial charge >= 0.3 is 5.69 Å². The van der Waals surface area contributed by atoms with Crippen LogP contribution < -0.4 is 26.6 Å². The van der Waals surface area contributed by atoms with Crippen molar-refractivity contribution in [1.82, 2.24) is 19.4 Å². The number of carbonyl (C=O) groups is 2. The molecular formula is C32H32ClN5O5. The van der Waals surface area contributed by atoms with Crippen LogP contribution in [0.3, 0.4) is 0 Å². The van der Waals surface area contributed by atoms with Gasteiger partial charge in [0.25, 0.3) is 11.5 Å². The molecule has 0 aliphatic heterocycles. The summed E-state index contributed by atoms with van der Waals surface area (Å²) >= 11 is 6.76. The number of halogens is 1. The molecule has 1 saturated carbocycles. The van der Waals surface area contributed by atoms with Gasteiger partial charge in [-0.1, -0.05) is 48.0 Å². The Morgan fingerprint density at radius 3 is 2.58 bits per heavy atom. The molecule has 10 nitrogen and oxygen atoms in total. The van der Waals surface area contributed by atoms with E-state index in [1.54, 1.807) is 19.2 Å². The van der Waals surface area contributed by atoms with E-state index in [0.717, 1.165) is 39.9 Å². The second-order valence-corrected chi connectivity index (χ2v) is 11.0. The maximum atomic E-state index is 13.0. The zero-order chi connectivity index (χ0) is 30.7. The van der Waals surface area contributed by atoms with E-state index >= 15 is 0 Å². The second kappa shape index (κ2) is 12.8. The molecule has 2 N–H and O–H groups in total. The summed E-state index contributed by atoms with van der Waals surface area (Å²) in [7, 11) is 4.37. The monoisotopic (exact) mass is 601 g/mol.